The lowest BCUT2D eigenvalue weighted by Crippen LogP contribution is -2.40. The molecule has 3 aliphatic heterocycles. The molecular formula is C12H20O6. The van der Waals surface area contributed by atoms with Crippen LogP contribution in [0.15, 0.2) is 0 Å². The highest BCUT2D eigenvalue weighted by Gasteiger charge is 2.58. The molecule has 18 heavy (non-hydrogen) atoms. The summed E-state index contributed by atoms with van der Waals surface area (Å²) < 4.78 is 28.2. The third-order valence-corrected chi connectivity index (χ3v) is 3.46. The van der Waals surface area contributed by atoms with Crippen molar-refractivity contribution in [1.82, 2.24) is 0 Å². The summed E-state index contributed by atoms with van der Waals surface area (Å²) in [7, 11) is 0. The first kappa shape index (κ1) is 12.8. The van der Waals surface area contributed by atoms with Gasteiger partial charge in [-0.3, -0.25) is 0 Å². The van der Waals surface area contributed by atoms with Gasteiger partial charge in [0.1, 0.15) is 24.4 Å². The molecular weight excluding hydrogens is 240 g/mol. The zero-order valence-corrected chi connectivity index (χ0v) is 11.1. The van der Waals surface area contributed by atoms with Crippen molar-refractivity contribution in [3.63, 3.8) is 0 Å². The minimum absolute atomic E-state index is 0.248. The van der Waals surface area contributed by atoms with Crippen LogP contribution in [0.3, 0.4) is 0 Å². The lowest BCUT2D eigenvalue weighted by Gasteiger charge is -2.26. The van der Waals surface area contributed by atoms with Crippen LogP contribution in [0.5, 0.6) is 0 Å². The molecule has 0 aliphatic carbocycles. The molecule has 3 rings (SSSR count). The minimum Gasteiger partial charge on any atom is -0.366 e. The topological polar surface area (TPSA) is 66.4 Å². The standard InChI is InChI=1S/C12H20O6/c1-11(2)14-5-6(16-11)7-8-9(10(13)15-7)18-12(3,4)17-8/h6-10,13H,5H2,1-4H3/t6?,7-,8+,9+,10?/m0/s1. The molecule has 3 aliphatic rings. The Morgan fingerprint density at radius 3 is 2.17 bits per heavy atom. The van der Waals surface area contributed by atoms with E-state index in [0.29, 0.717) is 6.61 Å². The van der Waals surface area contributed by atoms with Gasteiger partial charge in [0.2, 0.25) is 0 Å². The van der Waals surface area contributed by atoms with Crippen LogP contribution in [0.2, 0.25) is 0 Å². The molecule has 5 atom stereocenters. The van der Waals surface area contributed by atoms with Crippen molar-refractivity contribution in [3.05, 3.63) is 0 Å². The van der Waals surface area contributed by atoms with Crippen molar-refractivity contribution in [3.8, 4) is 0 Å². The highest BCUT2D eigenvalue weighted by molar-refractivity contribution is 4.99. The molecule has 104 valence electrons. The van der Waals surface area contributed by atoms with Gasteiger partial charge in [-0.25, -0.2) is 0 Å². The van der Waals surface area contributed by atoms with Crippen LogP contribution < -0.4 is 0 Å². The normalized spacial score (nSPS) is 49.5. The summed E-state index contributed by atoms with van der Waals surface area (Å²) in [6.45, 7) is 7.78. The SMILES string of the molecule is CC1(C)OCC([C@@H]2OC(O)[C@@H]3OC(C)(C)O[C@@H]32)O1. The van der Waals surface area contributed by atoms with Gasteiger partial charge in [0, 0.05) is 0 Å². The van der Waals surface area contributed by atoms with Crippen molar-refractivity contribution in [2.75, 3.05) is 6.61 Å². The van der Waals surface area contributed by atoms with Gasteiger partial charge in [-0.2, -0.15) is 0 Å². The Bertz CT molecular complexity index is 341. The zero-order chi connectivity index (χ0) is 13.1. The fraction of sp³-hybridized carbons (Fsp3) is 1.00. The van der Waals surface area contributed by atoms with E-state index in [4.69, 9.17) is 23.7 Å². The molecule has 3 fully saturated rings. The van der Waals surface area contributed by atoms with Crippen LogP contribution in [-0.4, -0.2) is 54.0 Å². The Balaban J connectivity index is 1.75. The lowest BCUT2D eigenvalue weighted by atomic mass is 10.1. The second-order valence-electron chi connectivity index (χ2n) is 5.92. The first-order valence-electron chi connectivity index (χ1n) is 6.28. The van der Waals surface area contributed by atoms with Crippen LogP contribution >= 0.6 is 0 Å². The van der Waals surface area contributed by atoms with Crippen LogP contribution in [0.1, 0.15) is 27.7 Å². The molecule has 0 amide bonds. The van der Waals surface area contributed by atoms with Crippen molar-refractivity contribution < 1.29 is 28.8 Å². The maximum Gasteiger partial charge on any atom is 0.184 e. The number of fused-ring (bicyclic) bond motifs is 1. The molecule has 0 bridgehead atoms. The first-order chi connectivity index (χ1) is 8.27. The van der Waals surface area contributed by atoms with Crippen LogP contribution in [0, 0.1) is 0 Å². The molecule has 3 saturated heterocycles. The van der Waals surface area contributed by atoms with Crippen LogP contribution in [0.4, 0.5) is 0 Å². The highest BCUT2D eigenvalue weighted by atomic mass is 16.8. The molecule has 6 heteroatoms. The van der Waals surface area contributed by atoms with Crippen molar-refractivity contribution in [2.45, 2.75) is 70.0 Å². The maximum absolute atomic E-state index is 9.87. The van der Waals surface area contributed by atoms with Gasteiger partial charge in [0.15, 0.2) is 17.9 Å². The maximum atomic E-state index is 9.87. The van der Waals surface area contributed by atoms with Crippen LogP contribution in [-0.2, 0) is 23.7 Å². The van der Waals surface area contributed by atoms with E-state index in [2.05, 4.69) is 0 Å². The molecule has 0 radical (unpaired) electrons. The van der Waals surface area contributed by atoms with E-state index in [0.717, 1.165) is 0 Å². The van der Waals surface area contributed by atoms with Crippen molar-refractivity contribution >= 4 is 0 Å². The third kappa shape index (κ3) is 2.07. The number of hydrogen-bond acceptors (Lipinski definition) is 6. The van der Waals surface area contributed by atoms with Gasteiger partial charge in [0.05, 0.1) is 6.61 Å². The van der Waals surface area contributed by atoms with E-state index in [9.17, 15) is 5.11 Å². The van der Waals surface area contributed by atoms with Gasteiger partial charge in [-0.05, 0) is 27.7 Å². The van der Waals surface area contributed by atoms with Crippen molar-refractivity contribution in [1.29, 1.82) is 0 Å². The summed E-state index contributed by atoms with van der Waals surface area (Å²) in [5, 5.41) is 9.87. The summed E-state index contributed by atoms with van der Waals surface area (Å²) in [4.78, 5) is 0. The van der Waals surface area contributed by atoms with Gasteiger partial charge in [-0.1, -0.05) is 0 Å². The second-order valence-corrected chi connectivity index (χ2v) is 5.92. The molecule has 2 unspecified atom stereocenters. The smallest absolute Gasteiger partial charge is 0.184 e. The zero-order valence-electron chi connectivity index (χ0n) is 11.1. The van der Waals surface area contributed by atoms with E-state index in [1.165, 1.54) is 0 Å². The highest BCUT2D eigenvalue weighted by Crippen LogP contribution is 2.41. The minimum atomic E-state index is -0.978. The van der Waals surface area contributed by atoms with E-state index in [-0.39, 0.29) is 18.3 Å². The number of aliphatic hydroxyl groups excluding tert-OH is 1. The molecule has 0 saturated carbocycles. The quantitative estimate of drug-likeness (QED) is 0.735. The van der Waals surface area contributed by atoms with Crippen LogP contribution in [0.25, 0.3) is 0 Å². The molecule has 6 nitrogen and oxygen atoms in total. The number of hydrogen-bond donors (Lipinski definition) is 1. The Kier molecular flexibility index (Phi) is 2.75. The Hall–Kier alpha value is -0.240. The lowest BCUT2D eigenvalue weighted by molar-refractivity contribution is -0.236. The largest absolute Gasteiger partial charge is 0.366 e. The third-order valence-electron chi connectivity index (χ3n) is 3.46. The fourth-order valence-electron chi connectivity index (χ4n) is 2.78. The summed E-state index contributed by atoms with van der Waals surface area (Å²) in [6.07, 6.45) is -2.38. The molecule has 0 aromatic heterocycles. The average molecular weight is 260 g/mol. The molecule has 3 heterocycles. The van der Waals surface area contributed by atoms with E-state index in [1.54, 1.807) is 0 Å². The van der Waals surface area contributed by atoms with Gasteiger partial charge in [-0.15, -0.1) is 0 Å². The summed E-state index contributed by atoms with van der Waals surface area (Å²) >= 11 is 0. The molecule has 0 aromatic carbocycles. The average Bonchev–Trinajstić information content (AvgIpc) is 2.81. The predicted molar refractivity (Wildman–Crippen MR) is 59.6 cm³/mol. The first-order valence-corrected chi connectivity index (χ1v) is 6.28. The molecule has 0 aromatic rings. The summed E-state index contributed by atoms with van der Waals surface area (Å²) in [5.74, 6) is -1.32. The van der Waals surface area contributed by atoms with E-state index >= 15 is 0 Å². The van der Waals surface area contributed by atoms with Crippen molar-refractivity contribution in [2.24, 2.45) is 0 Å². The van der Waals surface area contributed by atoms with Gasteiger partial charge < -0.3 is 28.8 Å². The predicted octanol–water partition coefficient (Wildman–Crippen LogP) is 0.375. The van der Waals surface area contributed by atoms with Gasteiger partial charge in [0.25, 0.3) is 0 Å². The monoisotopic (exact) mass is 260 g/mol. The second kappa shape index (κ2) is 3.88. The Morgan fingerprint density at radius 2 is 1.56 bits per heavy atom. The summed E-state index contributed by atoms with van der Waals surface area (Å²) in [5.41, 5.74) is 0. The Labute approximate surface area is 106 Å². The molecule has 1 N–H and O–H groups in total. The van der Waals surface area contributed by atoms with E-state index in [1.807, 2.05) is 27.7 Å². The van der Waals surface area contributed by atoms with E-state index < -0.39 is 24.0 Å². The molecule has 0 spiro atoms. The number of ether oxygens (including phenoxy) is 5. The Morgan fingerprint density at radius 1 is 0.889 bits per heavy atom. The summed E-state index contributed by atoms with van der Waals surface area (Å²) in [6, 6.07) is 0. The fourth-order valence-corrected chi connectivity index (χ4v) is 2.78. The number of aliphatic hydroxyl groups is 1. The van der Waals surface area contributed by atoms with Gasteiger partial charge >= 0.3 is 0 Å². The number of rotatable bonds is 1.